The first kappa shape index (κ1) is 28.3. The van der Waals surface area contributed by atoms with E-state index in [0.29, 0.717) is 30.4 Å². The van der Waals surface area contributed by atoms with Crippen LogP contribution in [0.2, 0.25) is 0 Å². The predicted octanol–water partition coefficient (Wildman–Crippen LogP) is 8.68. The normalized spacial score (nSPS) is 10.8. The third-order valence-electron chi connectivity index (χ3n) is 5.80. The molecule has 1 rings (SSSR count). The van der Waals surface area contributed by atoms with Crippen molar-refractivity contribution >= 4 is 11.6 Å². The maximum absolute atomic E-state index is 11.7. The van der Waals surface area contributed by atoms with Crippen molar-refractivity contribution in [1.82, 2.24) is 0 Å². The van der Waals surface area contributed by atoms with Crippen molar-refractivity contribution < 1.29 is 14.3 Å². The first-order chi connectivity index (χ1) is 15.7. The molecule has 0 aliphatic carbocycles. The van der Waals surface area contributed by atoms with E-state index in [1.807, 2.05) is 18.2 Å². The summed E-state index contributed by atoms with van der Waals surface area (Å²) in [6, 6.07) is 5.77. The van der Waals surface area contributed by atoms with Gasteiger partial charge in [0.25, 0.3) is 0 Å². The van der Waals surface area contributed by atoms with Crippen molar-refractivity contribution in [3.8, 4) is 11.5 Å². The molecule has 0 heterocycles. The van der Waals surface area contributed by atoms with E-state index in [1.54, 1.807) is 0 Å². The molecule has 0 saturated carbocycles. The highest BCUT2D eigenvalue weighted by Gasteiger charge is 2.12. The lowest BCUT2D eigenvalue weighted by molar-refractivity contribution is -0.114. The molecule has 0 bridgehead atoms. The third kappa shape index (κ3) is 14.4. The topological polar surface area (TPSA) is 47.6 Å². The number of anilines is 1. The number of hydrogen-bond donors (Lipinski definition) is 1. The van der Waals surface area contributed by atoms with Crippen LogP contribution in [-0.4, -0.2) is 19.1 Å². The average molecular weight is 448 g/mol. The summed E-state index contributed by atoms with van der Waals surface area (Å²) in [6.07, 6.45) is 20.4. The molecule has 0 aromatic heterocycles. The van der Waals surface area contributed by atoms with E-state index in [-0.39, 0.29) is 5.91 Å². The Morgan fingerprint density at radius 1 is 0.656 bits per heavy atom. The van der Waals surface area contributed by atoms with Gasteiger partial charge in [-0.3, -0.25) is 4.79 Å². The Hall–Kier alpha value is -1.71. The van der Waals surface area contributed by atoms with E-state index in [9.17, 15) is 4.79 Å². The maximum Gasteiger partial charge on any atom is 0.221 e. The highest BCUT2D eigenvalue weighted by Crippen LogP contribution is 2.35. The summed E-state index contributed by atoms with van der Waals surface area (Å²) < 4.78 is 12.0. The first-order valence-corrected chi connectivity index (χ1v) is 13.3. The maximum atomic E-state index is 11.7. The van der Waals surface area contributed by atoms with Crippen LogP contribution in [-0.2, 0) is 4.79 Å². The minimum atomic E-state index is -0.106. The number of amides is 1. The summed E-state index contributed by atoms with van der Waals surface area (Å²) in [6.45, 7) is 7.37. The SMILES string of the molecule is CCCCCCCCCCOc1cccc(OCCCCCCCCCC)c1NC(C)=O. The van der Waals surface area contributed by atoms with Gasteiger partial charge in [0.2, 0.25) is 5.91 Å². The summed E-state index contributed by atoms with van der Waals surface area (Å²) in [5.41, 5.74) is 0.666. The quantitative estimate of drug-likeness (QED) is 0.192. The molecule has 4 heteroatoms. The number of rotatable bonds is 21. The van der Waals surface area contributed by atoms with Crippen LogP contribution in [0.25, 0.3) is 0 Å². The van der Waals surface area contributed by atoms with Crippen LogP contribution >= 0.6 is 0 Å². The van der Waals surface area contributed by atoms with E-state index in [4.69, 9.17) is 9.47 Å². The van der Waals surface area contributed by atoms with Gasteiger partial charge >= 0.3 is 0 Å². The van der Waals surface area contributed by atoms with E-state index >= 15 is 0 Å². The number of para-hydroxylation sites is 1. The van der Waals surface area contributed by atoms with Crippen molar-refractivity contribution in [2.45, 2.75) is 124 Å². The Bertz CT molecular complexity index is 548. The van der Waals surface area contributed by atoms with Crippen molar-refractivity contribution in [1.29, 1.82) is 0 Å². The van der Waals surface area contributed by atoms with Crippen LogP contribution in [0, 0.1) is 0 Å². The average Bonchev–Trinajstić information content (AvgIpc) is 2.78. The fraction of sp³-hybridized carbons (Fsp3) is 0.750. The fourth-order valence-corrected chi connectivity index (χ4v) is 3.89. The van der Waals surface area contributed by atoms with Crippen LogP contribution in [0.3, 0.4) is 0 Å². The van der Waals surface area contributed by atoms with Gasteiger partial charge in [-0.05, 0) is 25.0 Å². The van der Waals surface area contributed by atoms with Gasteiger partial charge in [0.05, 0.1) is 13.2 Å². The summed E-state index contributed by atoms with van der Waals surface area (Å²) in [5, 5.41) is 2.91. The van der Waals surface area contributed by atoms with Crippen LogP contribution in [0.5, 0.6) is 11.5 Å². The van der Waals surface area contributed by atoms with Gasteiger partial charge in [-0.25, -0.2) is 0 Å². The summed E-state index contributed by atoms with van der Waals surface area (Å²) in [7, 11) is 0. The van der Waals surface area contributed by atoms with Gasteiger partial charge in [0.1, 0.15) is 17.2 Å². The molecule has 0 radical (unpaired) electrons. The molecule has 1 aromatic carbocycles. The third-order valence-corrected chi connectivity index (χ3v) is 5.80. The van der Waals surface area contributed by atoms with Gasteiger partial charge in [-0.15, -0.1) is 0 Å². The van der Waals surface area contributed by atoms with Gasteiger partial charge in [-0.2, -0.15) is 0 Å². The Morgan fingerprint density at radius 3 is 1.41 bits per heavy atom. The fourth-order valence-electron chi connectivity index (χ4n) is 3.89. The lowest BCUT2D eigenvalue weighted by Gasteiger charge is -2.16. The minimum Gasteiger partial charge on any atom is -0.491 e. The molecule has 0 aliphatic rings. The van der Waals surface area contributed by atoms with Crippen LogP contribution in [0.4, 0.5) is 5.69 Å². The Morgan fingerprint density at radius 2 is 1.03 bits per heavy atom. The number of hydrogen-bond acceptors (Lipinski definition) is 3. The highest BCUT2D eigenvalue weighted by atomic mass is 16.5. The van der Waals surface area contributed by atoms with Crippen molar-refractivity contribution in [3.63, 3.8) is 0 Å². The van der Waals surface area contributed by atoms with Crippen LogP contribution in [0.15, 0.2) is 18.2 Å². The number of nitrogens with one attached hydrogen (secondary N) is 1. The molecule has 0 atom stereocenters. The predicted molar refractivity (Wildman–Crippen MR) is 137 cm³/mol. The first-order valence-electron chi connectivity index (χ1n) is 13.3. The van der Waals surface area contributed by atoms with Gasteiger partial charge < -0.3 is 14.8 Å². The molecular formula is C28H49NO3. The zero-order valence-corrected chi connectivity index (χ0v) is 21.2. The molecule has 1 N–H and O–H groups in total. The van der Waals surface area contributed by atoms with Gasteiger partial charge in [-0.1, -0.05) is 110 Å². The smallest absolute Gasteiger partial charge is 0.221 e. The van der Waals surface area contributed by atoms with Crippen molar-refractivity contribution in [2.24, 2.45) is 0 Å². The van der Waals surface area contributed by atoms with E-state index in [0.717, 1.165) is 12.8 Å². The second kappa shape index (κ2) is 19.9. The van der Waals surface area contributed by atoms with Gasteiger partial charge in [0, 0.05) is 6.92 Å². The van der Waals surface area contributed by atoms with E-state index in [2.05, 4.69) is 19.2 Å². The Labute approximate surface area is 197 Å². The van der Waals surface area contributed by atoms with Gasteiger partial charge in [0.15, 0.2) is 0 Å². The molecule has 0 unspecified atom stereocenters. The monoisotopic (exact) mass is 447 g/mol. The summed E-state index contributed by atoms with van der Waals surface area (Å²) >= 11 is 0. The number of unbranched alkanes of at least 4 members (excludes halogenated alkanes) is 14. The highest BCUT2D eigenvalue weighted by molar-refractivity contribution is 5.92. The van der Waals surface area contributed by atoms with E-state index < -0.39 is 0 Å². The largest absolute Gasteiger partial charge is 0.491 e. The molecule has 0 saturated heterocycles. The molecule has 0 aliphatic heterocycles. The number of carbonyl (C=O) groups excluding carboxylic acids is 1. The van der Waals surface area contributed by atoms with Crippen molar-refractivity contribution in [3.05, 3.63) is 18.2 Å². The lowest BCUT2D eigenvalue weighted by Crippen LogP contribution is -2.11. The molecule has 32 heavy (non-hydrogen) atoms. The molecule has 1 amide bonds. The van der Waals surface area contributed by atoms with E-state index in [1.165, 1.54) is 96.8 Å². The second-order valence-corrected chi connectivity index (χ2v) is 8.96. The zero-order valence-electron chi connectivity index (χ0n) is 21.2. The van der Waals surface area contributed by atoms with Crippen molar-refractivity contribution in [2.75, 3.05) is 18.5 Å². The second-order valence-electron chi connectivity index (χ2n) is 8.96. The van der Waals surface area contributed by atoms with Crippen LogP contribution < -0.4 is 14.8 Å². The molecule has 0 fully saturated rings. The molecule has 1 aromatic rings. The standard InChI is InChI=1S/C28H49NO3/c1-4-6-8-10-12-14-16-18-23-31-26-21-20-22-27(28(26)29-25(3)30)32-24-19-17-15-13-11-9-7-5-2/h20-22H,4-19,23-24H2,1-3H3,(H,29,30). The number of ether oxygens (including phenoxy) is 2. The Kier molecular flexibility index (Phi) is 17.6. The number of carbonyl (C=O) groups is 1. The molecule has 0 spiro atoms. The molecule has 184 valence electrons. The lowest BCUT2D eigenvalue weighted by atomic mass is 10.1. The summed E-state index contributed by atoms with van der Waals surface area (Å²) in [4.78, 5) is 11.7. The molecule has 4 nitrogen and oxygen atoms in total. The molecular weight excluding hydrogens is 398 g/mol. The summed E-state index contributed by atoms with van der Waals surface area (Å²) in [5.74, 6) is 1.30. The number of benzene rings is 1. The Balaban J connectivity index is 2.35. The minimum absolute atomic E-state index is 0.106. The van der Waals surface area contributed by atoms with Crippen LogP contribution in [0.1, 0.15) is 124 Å². The zero-order chi connectivity index (χ0) is 23.3.